The van der Waals surface area contributed by atoms with Crippen molar-refractivity contribution in [1.82, 2.24) is 0 Å². The summed E-state index contributed by atoms with van der Waals surface area (Å²) in [5.41, 5.74) is -0.801. The van der Waals surface area contributed by atoms with Crippen molar-refractivity contribution in [3.8, 4) is 5.75 Å². The molecule has 24 heavy (non-hydrogen) atoms. The first-order chi connectivity index (χ1) is 11.2. The van der Waals surface area contributed by atoms with Crippen LogP contribution in [0.2, 0.25) is 5.02 Å². The quantitative estimate of drug-likeness (QED) is 0.795. The molecule has 0 atom stereocenters. The highest BCUT2D eigenvalue weighted by atomic mass is 35.5. The summed E-state index contributed by atoms with van der Waals surface area (Å²) in [6.45, 7) is 3.61. The standard InChI is InChI=1S/C17H15ClF3NO2/c1-10(2)24-15-6-4-3-5-12(15)16(23)22-14-9-11(17(19,20)21)7-8-13(14)18/h3-10H,1-2H3,(H,22,23). The second-order valence-corrected chi connectivity index (χ2v) is 5.72. The minimum absolute atomic E-state index is 0.0126. The Kier molecular flexibility index (Phi) is 5.39. The summed E-state index contributed by atoms with van der Waals surface area (Å²) in [4.78, 5) is 12.4. The van der Waals surface area contributed by atoms with Crippen LogP contribution in [0.25, 0.3) is 0 Å². The highest BCUT2D eigenvalue weighted by Gasteiger charge is 2.31. The number of benzene rings is 2. The molecule has 1 N–H and O–H groups in total. The molecular weight excluding hydrogens is 343 g/mol. The topological polar surface area (TPSA) is 38.3 Å². The maximum atomic E-state index is 12.8. The van der Waals surface area contributed by atoms with Gasteiger partial charge in [-0.1, -0.05) is 23.7 Å². The number of anilines is 1. The van der Waals surface area contributed by atoms with E-state index in [0.29, 0.717) is 5.75 Å². The van der Waals surface area contributed by atoms with E-state index >= 15 is 0 Å². The third-order valence-corrected chi connectivity index (χ3v) is 3.37. The maximum absolute atomic E-state index is 12.8. The highest BCUT2D eigenvalue weighted by molar-refractivity contribution is 6.34. The molecule has 0 heterocycles. The third-order valence-electron chi connectivity index (χ3n) is 3.04. The number of amides is 1. The molecule has 0 bridgehead atoms. The summed E-state index contributed by atoms with van der Waals surface area (Å²) >= 11 is 5.89. The average Bonchev–Trinajstić information content (AvgIpc) is 2.48. The number of hydrogen-bond acceptors (Lipinski definition) is 2. The van der Waals surface area contributed by atoms with E-state index < -0.39 is 17.6 Å². The summed E-state index contributed by atoms with van der Waals surface area (Å²) in [6, 6.07) is 9.22. The number of carbonyl (C=O) groups is 1. The predicted molar refractivity (Wildman–Crippen MR) is 86.6 cm³/mol. The van der Waals surface area contributed by atoms with Crippen LogP contribution in [0.15, 0.2) is 42.5 Å². The fraction of sp³-hybridized carbons (Fsp3) is 0.235. The SMILES string of the molecule is CC(C)Oc1ccccc1C(=O)Nc1cc(C(F)(F)F)ccc1Cl. The van der Waals surface area contributed by atoms with Crippen molar-refractivity contribution < 1.29 is 22.7 Å². The largest absolute Gasteiger partial charge is 0.490 e. The first-order valence-electron chi connectivity index (χ1n) is 7.12. The van der Waals surface area contributed by atoms with E-state index in [1.54, 1.807) is 32.0 Å². The lowest BCUT2D eigenvalue weighted by Crippen LogP contribution is -2.16. The second-order valence-electron chi connectivity index (χ2n) is 5.31. The second kappa shape index (κ2) is 7.13. The number of halogens is 4. The van der Waals surface area contributed by atoms with E-state index in [-0.39, 0.29) is 22.4 Å². The van der Waals surface area contributed by atoms with Crippen molar-refractivity contribution in [3.63, 3.8) is 0 Å². The molecule has 2 rings (SSSR count). The Hall–Kier alpha value is -2.21. The van der Waals surface area contributed by atoms with Crippen LogP contribution >= 0.6 is 11.6 Å². The fourth-order valence-electron chi connectivity index (χ4n) is 2.00. The molecule has 2 aromatic rings. The van der Waals surface area contributed by atoms with E-state index in [1.807, 2.05) is 0 Å². The van der Waals surface area contributed by atoms with Crippen LogP contribution in [-0.4, -0.2) is 12.0 Å². The van der Waals surface area contributed by atoms with Gasteiger partial charge < -0.3 is 10.1 Å². The van der Waals surface area contributed by atoms with Crippen molar-refractivity contribution in [1.29, 1.82) is 0 Å². The Morgan fingerprint density at radius 1 is 1.17 bits per heavy atom. The molecule has 2 aromatic carbocycles. The van der Waals surface area contributed by atoms with Gasteiger partial charge in [0.1, 0.15) is 5.75 Å². The van der Waals surface area contributed by atoms with Crippen molar-refractivity contribution >= 4 is 23.2 Å². The van der Waals surface area contributed by atoms with Crippen molar-refractivity contribution in [2.75, 3.05) is 5.32 Å². The van der Waals surface area contributed by atoms with Crippen molar-refractivity contribution in [2.24, 2.45) is 0 Å². The number of para-hydroxylation sites is 1. The Labute approximate surface area is 142 Å². The Morgan fingerprint density at radius 2 is 1.83 bits per heavy atom. The van der Waals surface area contributed by atoms with Gasteiger partial charge in [-0.15, -0.1) is 0 Å². The Morgan fingerprint density at radius 3 is 2.46 bits per heavy atom. The zero-order valence-electron chi connectivity index (χ0n) is 12.9. The van der Waals surface area contributed by atoms with E-state index in [1.165, 1.54) is 6.07 Å². The molecule has 7 heteroatoms. The molecule has 0 saturated carbocycles. The van der Waals surface area contributed by atoms with Gasteiger partial charge in [0.15, 0.2) is 0 Å². The van der Waals surface area contributed by atoms with Gasteiger partial charge in [-0.2, -0.15) is 13.2 Å². The molecule has 0 radical (unpaired) electrons. The van der Waals surface area contributed by atoms with Crippen molar-refractivity contribution in [2.45, 2.75) is 26.1 Å². The zero-order valence-corrected chi connectivity index (χ0v) is 13.7. The van der Waals surface area contributed by atoms with E-state index in [9.17, 15) is 18.0 Å². The first kappa shape index (κ1) is 18.1. The number of alkyl halides is 3. The lowest BCUT2D eigenvalue weighted by molar-refractivity contribution is -0.137. The van der Waals surface area contributed by atoms with Gasteiger partial charge >= 0.3 is 6.18 Å². The van der Waals surface area contributed by atoms with Crippen LogP contribution in [-0.2, 0) is 6.18 Å². The number of hydrogen-bond donors (Lipinski definition) is 1. The Bertz CT molecular complexity index is 745. The number of ether oxygens (including phenoxy) is 1. The molecular formula is C17H15ClF3NO2. The molecule has 0 aliphatic carbocycles. The van der Waals surface area contributed by atoms with Crippen LogP contribution in [0.1, 0.15) is 29.8 Å². The van der Waals surface area contributed by atoms with Crippen LogP contribution in [0.3, 0.4) is 0 Å². The monoisotopic (exact) mass is 357 g/mol. The van der Waals surface area contributed by atoms with E-state index in [4.69, 9.17) is 16.3 Å². The minimum atomic E-state index is -4.53. The van der Waals surface area contributed by atoms with Crippen LogP contribution < -0.4 is 10.1 Å². The summed E-state index contributed by atoms with van der Waals surface area (Å²) in [5, 5.41) is 2.41. The third kappa shape index (κ3) is 4.41. The lowest BCUT2D eigenvalue weighted by Gasteiger charge is -2.15. The van der Waals surface area contributed by atoms with E-state index in [0.717, 1.165) is 18.2 Å². The van der Waals surface area contributed by atoms with Crippen LogP contribution in [0, 0.1) is 0 Å². The fourth-order valence-corrected chi connectivity index (χ4v) is 2.16. The first-order valence-corrected chi connectivity index (χ1v) is 7.50. The van der Waals surface area contributed by atoms with Gasteiger partial charge in [-0.25, -0.2) is 0 Å². The molecule has 1 amide bonds. The Balaban J connectivity index is 2.31. The lowest BCUT2D eigenvalue weighted by atomic mass is 10.1. The molecule has 128 valence electrons. The van der Waals surface area contributed by atoms with Gasteiger partial charge in [-0.3, -0.25) is 4.79 Å². The van der Waals surface area contributed by atoms with Gasteiger partial charge in [0.05, 0.1) is 27.9 Å². The van der Waals surface area contributed by atoms with E-state index in [2.05, 4.69) is 5.32 Å². The maximum Gasteiger partial charge on any atom is 0.416 e. The summed E-state index contributed by atoms with van der Waals surface area (Å²) in [7, 11) is 0. The molecule has 0 aromatic heterocycles. The zero-order chi connectivity index (χ0) is 17.9. The molecule has 3 nitrogen and oxygen atoms in total. The molecule has 0 aliphatic rings. The van der Waals surface area contributed by atoms with Crippen LogP contribution in [0.4, 0.5) is 18.9 Å². The smallest absolute Gasteiger partial charge is 0.416 e. The highest BCUT2D eigenvalue weighted by Crippen LogP contribution is 2.34. The van der Waals surface area contributed by atoms with Gasteiger partial charge in [0.25, 0.3) is 5.91 Å². The number of rotatable bonds is 4. The van der Waals surface area contributed by atoms with Gasteiger partial charge in [0, 0.05) is 0 Å². The van der Waals surface area contributed by atoms with Crippen molar-refractivity contribution in [3.05, 3.63) is 58.6 Å². The molecule has 0 fully saturated rings. The molecule has 0 aliphatic heterocycles. The van der Waals surface area contributed by atoms with Gasteiger partial charge in [-0.05, 0) is 44.2 Å². The average molecular weight is 358 g/mol. The molecule has 0 saturated heterocycles. The van der Waals surface area contributed by atoms with Gasteiger partial charge in [0.2, 0.25) is 0 Å². The number of carbonyl (C=O) groups excluding carboxylic acids is 1. The summed E-state index contributed by atoms with van der Waals surface area (Å²) in [5.74, 6) is -0.263. The molecule has 0 spiro atoms. The normalized spacial score (nSPS) is 11.5. The van der Waals surface area contributed by atoms with Crippen LogP contribution in [0.5, 0.6) is 5.75 Å². The number of nitrogens with one attached hydrogen (secondary N) is 1. The summed E-state index contributed by atoms with van der Waals surface area (Å²) < 4.78 is 43.9. The summed E-state index contributed by atoms with van der Waals surface area (Å²) in [6.07, 6.45) is -4.68. The minimum Gasteiger partial charge on any atom is -0.490 e. The predicted octanol–water partition coefficient (Wildman–Crippen LogP) is 5.40. The molecule has 0 unspecified atom stereocenters.